The van der Waals surface area contributed by atoms with E-state index in [1.165, 1.54) is 193 Å². The first-order chi connectivity index (χ1) is 28.0. The third kappa shape index (κ3) is 40.0. The van der Waals surface area contributed by atoms with Gasteiger partial charge < -0.3 is 25.7 Å². The number of rotatable bonds is 46. The van der Waals surface area contributed by atoms with E-state index in [1.54, 1.807) is 0 Å². The maximum absolute atomic E-state index is 12.5. The van der Waals surface area contributed by atoms with Crippen molar-refractivity contribution >= 4 is 5.91 Å². The number of carbonyl (C=O) groups excluding carboxylic acids is 1. The van der Waals surface area contributed by atoms with Crippen molar-refractivity contribution in [3.05, 3.63) is 24.3 Å². The van der Waals surface area contributed by atoms with Gasteiger partial charge in [-0.2, -0.15) is 0 Å². The fourth-order valence-corrected chi connectivity index (χ4v) is 7.89. The van der Waals surface area contributed by atoms with E-state index >= 15 is 0 Å². The predicted molar refractivity (Wildman–Crippen MR) is 247 cm³/mol. The van der Waals surface area contributed by atoms with Crippen LogP contribution in [0, 0.1) is 0 Å². The van der Waals surface area contributed by atoms with Gasteiger partial charge in [0.2, 0.25) is 5.91 Å². The highest BCUT2D eigenvalue weighted by molar-refractivity contribution is 5.80. The van der Waals surface area contributed by atoms with Crippen molar-refractivity contribution < 1.29 is 25.2 Å². The third-order valence-corrected chi connectivity index (χ3v) is 11.9. The van der Waals surface area contributed by atoms with Gasteiger partial charge in [-0.15, -0.1) is 0 Å². The first-order valence-electron chi connectivity index (χ1n) is 25.2. The molecule has 57 heavy (non-hydrogen) atoms. The lowest BCUT2D eigenvalue weighted by Crippen LogP contribution is -2.53. The molecule has 0 saturated carbocycles. The molecule has 4 atom stereocenters. The van der Waals surface area contributed by atoms with Gasteiger partial charge in [-0.25, -0.2) is 0 Å². The second-order valence-electron chi connectivity index (χ2n) is 17.5. The monoisotopic (exact) mass is 806 g/mol. The smallest absolute Gasteiger partial charge is 0.249 e. The minimum atomic E-state index is -1.29. The molecule has 1 amide bonds. The second-order valence-corrected chi connectivity index (χ2v) is 17.5. The number of aliphatic hydroxyl groups is 4. The van der Waals surface area contributed by atoms with Crippen molar-refractivity contribution in [1.29, 1.82) is 0 Å². The molecule has 4 unspecified atom stereocenters. The van der Waals surface area contributed by atoms with E-state index < -0.39 is 36.9 Å². The maximum atomic E-state index is 12.5. The lowest BCUT2D eigenvalue weighted by Gasteiger charge is -2.27. The van der Waals surface area contributed by atoms with Crippen molar-refractivity contribution in [2.24, 2.45) is 0 Å². The largest absolute Gasteiger partial charge is 0.394 e. The zero-order valence-electron chi connectivity index (χ0n) is 38.1. The van der Waals surface area contributed by atoms with E-state index in [9.17, 15) is 25.2 Å². The molecule has 0 aliphatic heterocycles. The summed E-state index contributed by atoms with van der Waals surface area (Å²) >= 11 is 0. The summed E-state index contributed by atoms with van der Waals surface area (Å²) in [6.07, 6.45) is 53.8. The van der Waals surface area contributed by atoms with Crippen LogP contribution in [0.5, 0.6) is 0 Å². The molecule has 6 heteroatoms. The Bertz CT molecular complexity index is 863. The molecule has 0 radical (unpaired) electrons. The van der Waals surface area contributed by atoms with Crippen LogP contribution >= 0.6 is 0 Å². The van der Waals surface area contributed by atoms with E-state index in [0.717, 1.165) is 38.5 Å². The number of amides is 1. The van der Waals surface area contributed by atoms with Crippen molar-refractivity contribution in [3.63, 3.8) is 0 Å². The van der Waals surface area contributed by atoms with Gasteiger partial charge in [-0.05, 0) is 51.4 Å². The minimum Gasteiger partial charge on any atom is -0.394 e. The molecule has 0 aromatic carbocycles. The summed E-state index contributed by atoms with van der Waals surface area (Å²) < 4.78 is 0. The molecule has 0 bridgehead atoms. The molecule has 0 spiro atoms. The Balaban J connectivity index is 3.69. The fraction of sp³-hybridized carbons (Fsp3) is 0.902. The van der Waals surface area contributed by atoms with Crippen LogP contribution in [0.4, 0.5) is 0 Å². The first kappa shape index (κ1) is 55.8. The van der Waals surface area contributed by atoms with Crippen LogP contribution in [-0.2, 0) is 4.79 Å². The summed E-state index contributed by atoms with van der Waals surface area (Å²) in [5.41, 5.74) is 0. The van der Waals surface area contributed by atoms with Crippen molar-refractivity contribution in [1.82, 2.24) is 5.32 Å². The zero-order chi connectivity index (χ0) is 41.7. The summed E-state index contributed by atoms with van der Waals surface area (Å²) in [5.74, 6) is -0.595. The van der Waals surface area contributed by atoms with E-state index in [-0.39, 0.29) is 0 Å². The summed E-state index contributed by atoms with van der Waals surface area (Å²) in [5, 5.41) is 43.7. The SMILES string of the molecule is CCCCCCCCCCCCCCCCCCCC/C=C/CC/C=C/CCCC(O)C(O)C(CO)NC(=O)C(O)CCCCCCCCCCCCCCCC. The summed E-state index contributed by atoms with van der Waals surface area (Å²) in [6.45, 7) is 4.05. The molecule has 5 N–H and O–H groups in total. The van der Waals surface area contributed by atoms with Crippen LogP contribution in [0.25, 0.3) is 0 Å². The van der Waals surface area contributed by atoms with Gasteiger partial charge in [0.1, 0.15) is 12.2 Å². The van der Waals surface area contributed by atoms with Crippen LogP contribution in [0.15, 0.2) is 24.3 Å². The van der Waals surface area contributed by atoms with Gasteiger partial charge in [0, 0.05) is 0 Å². The number of nitrogens with one attached hydrogen (secondary N) is 1. The standard InChI is InChI=1S/C51H99NO5/c1-3-5-7-9-11-13-15-17-19-20-21-22-23-24-25-26-27-28-29-30-31-33-34-36-38-40-42-44-48(54)50(56)47(46-53)52-51(57)49(55)45-43-41-39-37-35-32-18-16-14-12-10-8-6-4-2/h30-31,36,38,47-50,53-56H,3-29,32-35,37,39-46H2,1-2H3,(H,52,57)/b31-30+,38-36+. The topological polar surface area (TPSA) is 110 Å². The van der Waals surface area contributed by atoms with Gasteiger partial charge in [0.15, 0.2) is 0 Å². The number of carbonyl (C=O) groups is 1. The van der Waals surface area contributed by atoms with Crippen LogP contribution in [0.3, 0.4) is 0 Å². The summed E-state index contributed by atoms with van der Waals surface area (Å²) in [7, 11) is 0. The average molecular weight is 806 g/mol. The normalized spacial score (nSPS) is 14.1. The molecule has 0 saturated heterocycles. The van der Waals surface area contributed by atoms with Crippen LogP contribution < -0.4 is 5.32 Å². The van der Waals surface area contributed by atoms with Gasteiger partial charge >= 0.3 is 0 Å². The maximum Gasteiger partial charge on any atom is 0.249 e. The quantitative estimate of drug-likeness (QED) is 0.0311. The summed E-state index contributed by atoms with van der Waals surface area (Å²) in [6, 6.07) is -1.00. The Morgan fingerprint density at radius 3 is 1.11 bits per heavy atom. The predicted octanol–water partition coefficient (Wildman–Crippen LogP) is 13.9. The summed E-state index contributed by atoms with van der Waals surface area (Å²) in [4.78, 5) is 12.5. The fourth-order valence-electron chi connectivity index (χ4n) is 7.89. The van der Waals surface area contributed by atoms with Gasteiger partial charge in [0.25, 0.3) is 0 Å². The third-order valence-electron chi connectivity index (χ3n) is 11.9. The molecule has 0 heterocycles. The average Bonchev–Trinajstić information content (AvgIpc) is 3.22. The van der Waals surface area contributed by atoms with E-state index in [4.69, 9.17) is 0 Å². The number of unbranched alkanes of at least 4 members (excludes halogenated alkanes) is 33. The molecule has 0 aliphatic rings. The number of allylic oxidation sites excluding steroid dienone is 4. The van der Waals surface area contributed by atoms with Gasteiger partial charge in [0.05, 0.1) is 18.8 Å². The zero-order valence-corrected chi connectivity index (χ0v) is 38.1. The highest BCUT2D eigenvalue weighted by Gasteiger charge is 2.28. The van der Waals surface area contributed by atoms with Crippen molar-refractivity contribution in [2.45, 2.75) is 289 Å². The Morgan fingerprint density at radius 2 is 0.737 bits per heavy atom. The Hall–Kier alpha value is -1.21. The highest BCUT2D eigenvalue weighted by atomic mass is 16.3. The molecular formula is C51H99NO5. The molecular weight excluding hydrogens is 707 g/mol. The lowest BCUT2D eigenvalue weighted by atomic mass is 10.00. The first-order valence-corrected chi connectivity index (χ1v) is 25.2. The molecule has 0 rings (SSSR count). The Labute approximate surface area is 354 Å². The highest BCUT2D eigenvalue weighted by Crippen LogP contribution is 2.17. The number of aliphatic hydroxyl groups excluding tert-OH is 4. The van der Waals surface area contributed by atoms with Crippen molar-refractivity contribution in [3.8, 4) is 0 Å². The molecule has 6 nitrogen and oxygen atoms in total. The Kier molecular flexibility index (Phi) is 44.9. The van der Waals surface area contributed by atoms with E-state index in [0.29, 0.717) is 19.3 Å². The van der Waals surface area contributed by atoms with Crippen LogP contribution in [0.1, 0.15) is 264 Å². The second kappa shape index (κ2) is 45.9. The van der Waals surface area contributed by atoms with E-state index in [1.807, 2.05) is 0 Å². The number of hydrogen-bond acceptors (Lipinski definition) is 5. The lowest BCUT2D eigenvalue weighted by molar-refractivity contribution is -0.132. The molecule has 0 aliphatic carbocycles. The molecule has 338 valence electrons. The van der Waals surface area contributed by atoms with Crippen molar-refractivity contribution in [2.75, 3.05) is 6.61 Å². The van der Waals surface area contributed by atoms with Crippen LogP contribution in [-0.4, -0.2) is 57.3 Å². The Morgan fingerprint density at radius 1 is 0.421 bits per heavy atom. The number of hydrogen-bond donors (Lipinski definition) is 5. The van der Waals surface area contributed by atoms with Gasteiger partial charge in [-0.3, -0.25) is 4.79 Å². The van der Waals surface area contributed by atoms with Crippen LogP contribution in [0.2, 0.25) is 0 Å². The molecule has 0 aromatic rings. The van der Waals surface area contributed by atoms with Gasteiger partial charge in [-0.1, -0.05) is 237 Å². The molecule has 0 aromatic heterocycles. The van der Waals surface area contributed by atoms with E-state index in [2.05, 4.69) is 43.5 Å². The minimum absolute atomic E-state index is 0.363. The molecule has 0 fully saturated rings.